The Morgan fingerprint density at radius 2 is 2.10 bits per heavy atom. The van der Waals surface area contributed by atoms with E-state index in [0.29, 0.717) is 6.04 Å². The van der Waals surface area contributed by atoms with Gasteiger partial charge in [0.15, 0.2) is 0 Å². The van der Waals surface area contributed by atoms with Gasteiger partial charge in [-0.15, -0.1) is 6.58 Å². The van der Waals surface area contributed by atoms with E-state index < -0.39 is 0 Å². The molecule has 0 aromatic carbocycles. The normalized spacial score (nSPS) is 16.3. The molecule has 0 heterocycles. The molecular weight excluding hydrogens is 122 g/mol. The van der Waals surface area contributed by atoms with E-state index in [1.165, 1.54) is 6.42 Å². The van der Waals surface area contributed by atoms with E-state index in [4.69, 9.17) is 0 Å². The zero-order valence-corrected chi connectivity index (χ0v) is 7.35. The molecule has 0 bridgehead atoms. The van der Waals surface area contributed by atoms with Gasteiger partial charge in [0.25, 0.3) is 0 Å². The van der Waals surface area contributed by atoms with Crippen LogP contribution in [-0.2, 0) is 0 Å². The number of rotatable bonds is 5. The molecule has 2 atom stereocenters. The molecule has 1 N–H and O–H groups in total. The first-order valence-corrected chi connectivity index (χ1v) is 4.06. The Balaban J connectivity index is 3.40. The Kier molecular flexibility index (Phi) is 5.32. The van der Waals surface area contributed by atoms with Crippen LogP contribution in [0.25, 0.3) is 0 Å². The number of nitrogens with one attached hydrogen (secondary N) is 1. The van der Waals surface area contributed by atoms with E-state index >= 15 is 0 Å². The van der Waals surface area contributed by atoms with E-state index in [1.807, 2.05) is 6.08 Å². The molecule has 10 heavy (non-hydrogen) atoms. The van der Waals surface area contributed by atoms with Crippen LogP contribution in [-0.4, -0.2) is 12.6 Å². The smallest absolute Gasteiger partial charge is 0.0134 e. The van der Waals surface area contributed by atoms with Crippen LogP contribution in [0.3, 0.4) is 0 Å². The van der Waals surface area contributed by atoms with Crippen molar-refractivity contribution in [3.63, 3.8) is 0 Å². The van der Waals surface area contributed by atoms with Gasteiger partial charge >= 0.3 is 0 Å². The van der Waals surface area contributed by atoms with Crippen LogP contribution in [0.2, 0.25) is 0 Å². The summed E-state index contributed by atoms with van der Waals surface area (Å²) >= 11 is 0. The third-order valence-electron chi connectivity index (χ3n) is 2.08. The molecule has 0 unspecified atom stereocenters. The maximum Gasteiger partial charge on any atom is 0.0134 e. The van der Waals surface area contributed by atoms with E-state index in [2.05, 4.69) is 32.7 Å². The van der Waals surface area contributed by atoms with Gasteiger partial charge in [-0.1, -0.05) is 26.3 Å². The molecule has 0 radical (unpaired) electrons. The van der Waals surface area contributed by atoms with Crippen molar-refractivity contribution in [2.75, 3.05) is 6.54 Å². The molecule has 0 fully saturated rings. The molecule has 0 saturated heterocycles. The van der Waals surface area contributed by atoms with Crippen LogP contribution in [0.1, 0.15) is 27.2 Å². The van der Waals surface area contributed by atoms with E-state index in [0.717, 1.165) is 12.5 Å². The second-order valence-electron chi connectivity index (χ2n) is 2.87. The van der Waals surface area contributed by atoms with Crippen LogP contribution in [0.5, 0.6) is 0 Å². The first-order valence-electron chi connectivity index (χ1n) is 4.06. The summed E-state index contributed by atoms with van der Waals surface area (Å²) in [6.45, 7) is 11.3. The van der Waals surface area contributed by atoms with Gasteiger partial charge in [0.05, 0.1) is 0 Å². The van der Waals surface area contributed by atoms with Crippen LogP contribution >= 0.6 is 0 Å². The van der Waals surface area contributed by atoms with Crippen LogP contribution in [0, 0.1) is 5.92 Å². The van der Waals surface area contributed by atoms with Crippen molar-refractivity contribution in [3.05, 3.63) is 12.7 Å². The van der Waals surface area contributed by atoms with Crippen molar-refractivity contribution in [2.45, 2.75) is 33.2 Å². The third kappa shape index (κ3) is 3.67. The topological polar surface area (TPSA) is 12.0 Å². The standard InChI is InChI=1S/C9H19N/c1-5-7-10-9(4)8(3)6-2/h5,8-10H,1,6-7H2,2-4H3/t8-,9-/m1/s1. The van der Waals surface area contributed by atoms with Crippen LogP contribution < -0.4 is 5.32 Å². The molecule has 0 aromatic rings. The minimum Gasteiger partial charge on any atom is -0.311 e. The summed E-state index contributed by atoms with van der Waals surface area (Å²) < 4.78 is 0. The molecule has 0 saturated carbocycles. The van der Waals surface area contributed by atoms with Gasteiger partial charge in [0.2, 0.25) is 0 Å². The van der Waals surface area contributed by atoms with E-state index in [1.54, 1.807) is 0 Å². The Bertz CT molecular complexity index is 88.7. The highest BCUT2D eigenvalue weighted by atomic mass is 14.9. The van der Waals surface area contributed by atoms with E-state index in [-0.39, 0.29) is 0 Å². The summed E-state index contributed by atoms with van der Waals surface area (Å²) in [7, 11) is 0. The molecule has 0 aliphatic rings. The Hall–Kier alpha value is -0.300. The predicted molar refractivity (Wildman–Crippen MR) is 47.1 cm³/mol. The number of hydrogen-bond acceptors (Lipinski definition) is 1. The van der Waals surface area contributed by atoms with Gasteiger partial charge in [-0.3, -0.25) is 0 Å². The minimum atomic E-state index is 0.614. The summed E-state index contributed by atoms with van der Waals surface area (Å²) in [6.07, 6.45) is 3.14. The average Bonchev–Trinajstić information content (AvgIpc) is 1.98. The van der Waals surface area contributed by atoms with Crippen molar-refractivity contribution in [2.24, 2.45) is 5.92 Å². The lowest BCUT2D eigenvalue weighted by Crippen LogP contribution is -2.31. The summed E-state index contributed by atoms with van der Waals surface area (Å²) in [4.78, 5) is 0. The molecule has 1 heteroatoms. The largest absolute Gasteiger partial charge is 0.311 e. The second-order valence-corrected chi connectivity index (χ2v) is 2.87. The molecule has 1 nitrogen and oxygen atoms in total. The first-order chi connectivity index (χ1) is 4.72. The van der Waals surface area contributed by atoms with Crippen molar-refractivity contribution < 1.29 is 0 Å². The quantitative estimate of drug-likeness (QED) is 0.579. The Morgan fingerprint density at radius 1 is 1.50 bits per heavy atom. The van der Waals surface area contributed by atoms with Gasteiger partial charge in [-0.25, -0.2) is 0 Å². The molecule has 0 rings (SSSR count). The van der Waals surface area contributed by atoms with Gasteiger partial charge in [0.1, 0.15) is 0 Å². The maximum atomic E-state index is 3.66. The lowest BCUT2D eigenvalue weighted by atomic mass is 10.0. The average molecular weight is 141 g/mol. The lowest BCUT2D eigenvalue weighted by Gasteiger charge is -2.18. The molecule has 0 aliphatic carbocycles. The van der Waals surface area contributed by atoms with Gasteiger partial charge < -0.3 is 5.32 Å². The van der Waals surface area contributed by atoms with Crippen molar-refractivity contribution in [1.29, 1.82) is 0 Å². The fourth-order valence-electron chi connectivity index (χ4n) is 0.824. The van der Waals surface area contributed by atoms with Gasteiger partial charge in [0, 0.05) is 12.6 Å². The zero-order valence-electron chi connectivity index (χ0n) is 7.35. The fourth-order valence-corrected chi connectivity index (χ4v) is 0.824. The SMILES string of the molecule is C=CCN[C@H](C)[C@H](C)CC. The summed E-state index contributed by atoms with van der Waals surface area (Å²) in [5, 5.41) is 3.36. The summed E-state index contributed by atoms with van der Waals surface area (Å²) in [5.41, 5.74) is 0. The predicted octanol–water partition coefficient (Wildman–Crippen LogP) is 2.20. The highest BCUT2D eigenvalue weighted by Gasteiger charge is 2.06. The molecule has 0 aliphatic heterocycles. The second kappa shape index (κ2) is 5.48. The highest BCUT2D eigenvalue weighted by molar-refractivity contribution is 4.75. The van der Waals surface area contributed by atoms with Crippen LogP contribution in [0.15, 0.2) is 12.7 Å². The van der Waals surface area contributed by atoms with Crippen molar-refractivity contribution in [1.82, 2.24) is 5.32 Å². The Labute approximate surface area is 64.5 Å². The highest BCUT2D eigenvalue weighted by Crippen LogP contribution is 2.05. The molecular formula is C9H19N. The maximum absolute atomic E-state index is 3.66. The van der Waals surface area contributed by atoms with Gasteiger partial charge in [-0.05, 0) is 12.8 Å². The number of hydrogen-bond donors (Lipinski definition) is 1. The molecule has 0 spiro atoms. The summed E-state index contributed by atoms with van der Waals surface area (Å²) in [5.74, 6) is 0.764. The van der Waals surface area contributed by atoms with Gasteiger partial charge in [-0.2, -0.15) is 0 Å². The van der Waals surface area contributed by atoms with Crippen molar-refractivity contribution >= 4 is 0 Å². The molecule has 60 valence electrons. The summed E-state index contributed by atoms with van der Waals surface area (Å²) in [6, 6.07) is 0.614. The van der Waals surface area contributed by atoms with Crippen molar-refractivity contribution in [3.8, 4) is 0 Å². The first kappa shape index (κ1) is 9.70. The lowest BCUT2D eigenvalue weighted by molar-refractivity contribution is 0.404. The Morgan fingerprint density at radius 3 is 2.50 bits per heavy atom. The zero-order chi connectivity index (χ0) is 7.98. The molecule has 0 aromatic heterocycles. The third-order valence-corrected chi connectivity index (χ3v) is 2.08. The molecule has 0 amide bonds. The van der Waals surface area contributed by atoms with Crippen LogP contribution in [0.4, 0.5) is 0 Å². The van der Waals surface area contributed by atoms with E-state index in [9.17, 15) is 0 Å². The monoisotopic (exact) mass is 141 g/mol. The minimum absolute atomic E-state index is 0.614. The fraction of sp³-hybridized carbons (Fsp3) is 0.778.